The van der Waals surface area contributed by atoms with E-state index in [1.165, 1.54) is 11.3 Å². The number of halogens is 1. The first kappa shape index (κ1) is 22.5. The van der Waals surface area contributed by atoms with E-state index in [-0.39, 0.29) is 11.5 Å². The number of carbonyl (C=O) groups is 1. The highest BCUT2D eigenvalue weighted by molar-refractivity contribution is 7.11. The first-order valence-corrected chi connectivity index (χ1v) is 12.7. The fourth-order valence-corrected chi connectivity index (χ4v) is 6.03. The van der Waals surface area contributed by atoms with Crippen molar-refractivity contribution in [3.05, 3.63) is 118 Å². The lowest BCUT2D eigenvalue weighted by Gasteiger charge is -2.25. The highest BCUT2D eigenvalue weighted by Gasteiger charge is 2.32. The van der Waals surface area contributed by atoms with Crippen LogP contribution in [0.1, 0.15) is 29.0 Å². The Bertz CT molecular complexity index is 1600. The topological polar surface area (TPSA) is 63.5 Å². The van der Waals surface area contributed by atoms with Gasteiger partial charge in [-0.2, -0.15) is 0 Å². The number of anilines is 1. The minimum absolute atomic E-state index is 0.172. The Hall–Kier alpha value is -3.26. The molecule has 8 heteroatoms. The summed E-state index contributed by atoms with van der Waals surface area (Å²) < 4.78 is 2.20. The highest BCUT2D eigenvalue weighted by atomic mass is 35.5. The van der Waals surface area contributed by atoms with Gasteiger partial charge in [-0.25, -0.2) is 4.99 Å². The minimum Gasteiger partial charge on any atom is -0.322 e. The SMILES string of the molecule is CC1=C(C(=O)Nc2ccccc2)[C@@H](c2ccc(Cl)cc2)n2c(s/c(=C/c3sccc3C)c2=O)=N1. The predicted octanol–water partition coefficient (Wildman–Crippen LogP) is 4.90. The normalized spacial score (nSPS) is 15.7. The van der Waals surface area contributed by atoms with Gasteiger partial charge in [0.15, 0.2) is 4.80 Å². The van der Waals surface area contributed by atoms with E-state index < -0.39 is 6.04 Å². The van der Waals surface area contributed by atoms with E-state index >= 15 is 0 Å². The summed E-state index contributed by atoms with van der Waals surface area (Å²) in [7, 11) is 0. The van der Waals surface area contributed by atoms with Gasteiger partial charge in [-0.1, -0.05) is 53.3 Å². The largest absolute Gasteiger partial charge is 0.322 e. The molecule has 0 spiro atoms. The Balaban J connectivity index is 1.69. The molecule has 2 aromatic heterocycles. The average Bonchev–Trinajstić information content (AvgIpc) is 3.36. The maximum absolute atomic E-state index is 13.6. The second-order valence-electron chi connectivity index (χ2n) is 7.92. The Morgan fingerprint density at radius 2 is 1.82 bits per heavy atom. The van der Waals surface area contributed by atoms with Crippen LogP contribution in [0, 0.1) is 6.92 Å². The molecule has 1 N–H and O–H groups in total. The summed E-state index contributed by atoms with van der Waals surface area (Å²) in [5.41, 5.74) is 3.41. The van der Waals surface area contributed by atoms with E-state index in [1.54, 1.807) is 28.0 Å². The van der Waals surface area contributed by atoms with Gasteiger partial charge >= 0.3 is 0 Å². The van der Waals surface area contributed by atoms with Gasteiger partial charge in [0.1, 0.15) is 0 Å². The van der Waals surface area contributed by atoms with Gasteiger partial charge in [0, 0.05) is 15.6 Å². The van der Waals surface area contributed by atoms with E-state index in [0.717, 1.165) is 16.0 Å². The first-order chi connectivity index (χ1) is 16.4. The second kappa shape index (κ2) is 9.18. The van der Waals surface area contributed by atoms with Crippen LogP contribution in [0.2, 0.25) is 5.02 Å². The van der Waals surface area contributed by atoms with Gasteiger partial charge in [-0.05, 0) is 66.8 Å². The third-order valence-corrected chi connectivity index (χ3v) is 7.85. The molecule has 1 amide bonds. The van der Waals surface area contributed by atoms with Crippen molar-refractivity contribution in [3.63, 3.8) is 0 Å². The van der Waals surface area contributed by atoms with Gasteiger partial charge in [0.05, 0.1) is 21.8 Å². The average molecular weight is 506 g/mol. The second-order valence-corrected chi connectivity index (χ2v) is 10.3. The lowest BCUT2D eigenvalue weighted by Crippen LogP contribution is -2.40. The third-order valence-electron chi connectivity index (χ3n) is 5.65. The standard InChI is InChI=1S/C26H20ClN3O2S2/c1-15-12-13-33-20(15)14-21-25(32)30-23(17-8-10-18(27)11-9-17)22(16(2)28-26(30)34-21)24(31)29-19-6-4-3-5-7-19/h3-14,23H,1-2H3,(H,29,31)/b21-14+/t23-/m1/s1. The maximum Gasteiger partial charge on any atom is 0.271 e. The van der Waals surface area contributed by atoms with Gasteiger partial charge in [0.25, 0.3) is 11.5 Å². The predicted molar refractivity (Wildman–Crippen MR) is 139 cm³/mol. The van der Waals surface area contributed by atoms with Gasteiger partial charge in [-0.3, -0.25) is 14.2 Å². The maximum atomic E-state index is 13.6. The number of amides is 1. The van der Waals surface area contributed by atoms with Crippen molar-refractivity contribution in [3.8, 4) is 0 Å². The number of hydrogen-bond donors (Lipinski definition) is 1. The molecular formula is C26H20ClN3O2S2. The molecule has 1 aliphatic heterocycles. The third kappa shape index (κ3) is 4.18. The number of nitrogens with zero attached hydrogens (tertiary/aromatic N) is 2. The highest BCUT2D eigenvalue weighted by Crippen LogP contribution is 2.31. The van der Waals surface area contributed by atoms with Crippen LogP contribution < -0.4 is 20.2 Å². The Morgan fingerprint density at radius 1 is 1.09 bits per heavy atom. The molecule has 0 saturated carbocycles. The van der Waals surface area contributed by atoms with E-state index in [4.69, 9.17) is 11.6 Å². The molecule has 0 radical (unpaired) electrons. The number of aromatic nitrogens is 1. The van der Waals surface area contributed by atoms with E-state index in [1.807, 2.05) is 73.8 Å². The van der Waals surface area contributed by atoms with Crippen LogP contribution >= 0.6 is 34.3 Å². The zero-order chi connectivity index (χ0) is 23.8. The van der Waals surface area contributed by atoms with Crippen molar-refractivity contribution in [1.82, 2.24) is 4.57 Å². The number of fused-ring (bicyclic) bond motifs is 1. The number of thiazole rings is 1. The summed E-state index contributed by atoms with van der Waals surface area (Å²) in [5.74, 6) is -0.296. The van der Waals surface area contributed by atoms with Crippen molar-refractivity contribution in [2.45, 2.75) is 19.9 Å². The van der Waals surface area contributed by atoms with Crippen molar-refractivity contribution < 1.29 is 4.79 Å². The smallest absolute Gasteiger partial charge is 0.271 e. The van der Waals surface area contributed by atoms with Crippen LogP contribution in [-0.4, -0.2) is 10.5 Å². The van der Waals surface area contributed by atoms with Crippen LogP contribution in [-0.2, 0) is 4.79 Å². The van der Waals surface area contributed by atoms with Gasteiger partial charge < -0.3 is 5.32 Å². The van der Waals surface area contributed by atoms with Crippen molar-refractivity contribution in [1.29, 1.82) is 0 Å². The molecule has 3 heterocycles. The van der Waals surface area contributed by atoms with E-state index in [9.17, 15) is 9.59 Å². The van der Waals surface area contributed by atoms with Crippen LogP contribution in [0.4, 0.5) is 5.69 Å². The quantitative estimate of drug-likeness (QED) is 0.429. The molecule has 1 atom stereocenters. The molecule has 2 aromatic carbocycles. The zero-order valence-electron chi connectivity index (χ0n) is 18.4. The van der Waals surface area contributed by atoms with Crippen molar-refractivity contribution in [2.75, 3.05) is 5.32 Å². The molecule has 0 unspecified atom stereocenters. The first-order valence-electron chi connectivity index (χ1n) is 10.6. The Kier molecular flexibility index (Phi) is 6.08. The van der Waals surface area contributed by atoms with Gasteiger partial charge in [0.2, 0.25) is 0 Å². The summed E-state index contributed by atoms with van der Waals surface area (Å²) in [6.45, 7) is 3.83. The number of thiophene rings is 1. The molecular weight excluding hydrogens is 486 g/mol. The number of rotatable bonds is 4. The molecule has 0 bridgehead atoms. The number of allylic oxidation sites excluding steroid dienone is 1. The number of nitrogens with one attached hydrogen (secondary N) is 1. The molecule has 0 fully saturated rings. The summed E-state index contributed by atoms with van der Waals surface area (Å²) in [6.07, 6.45) is 1.91. The molecule has 34 heavy (non-hydrogen) atoms. The monoisotopic (exact) mass is 505 g/mol. The van der Waals surface area contributed by atoms with Crippen LogP contribution in [0.15, 0.2) is 87.1 Å². The van der Waals surface area contributed by atoms with E-state index in [2.05, 4.69) is 10.3 Å². The summed E-state index contributed by atoms with van der Waals surface area (Å²) in [6, 6.07) is 17.9. The summed E-state index contributed by atoms with van der Waals surface area (Å²) in [4.78, 5) is 33.4. The lowest BCUT2D eigenvalue weighted by atomic mass is 9.95. The molecule has 0 saturated heterocycles. The number of aryl methyl sites for hydroxylation is 1. The van der Waals surface area contributed by atoms with E-state index in [0.29, 0.717) is 31.3 Å². The molecule has 5 nitrogen and oxygen atoms in total. The minimum atomic E-state index is -0.621. The summed E-state index contributed by atoms with van der Waals surface area (Å²) >= 11 is 9.06. The van der Waals surface area contributed by atoms with Crippen molar-refractivity contribution >= 4 is 51.9 Å². The number of benzene rings is 2. The Labute approximate surface area is 209 Å². The van der Waals surface area contributed by atoms with Crippen LogP contribution in [0.25, 0.3) is 6.08 Å². The summed E-state index contributed by atoms with van der Waals surface area (Å²) in [5, 5.41) is 5.54. The molecule has 4 aromatic rings. The number of carbonyl (C=O) groups excluding carboxylic acids is 1. The Morgan fingerprint density at radius 3 is 2.50 bits per heavy atom. The van der Waals surface area contributed by atoms with Gasteiger partial charge in [-0.15, -0.1) is 11.3 Å². The number of hydrogen-bond acceptors (Lipinski definition) is 5. The molecule has 0 aliphatic carbocycles. The van der Waals surface area contributed by atoms with Crippen LogP contribution in [0.5, 0.6) is 0 Å². The van der Waals surface area contributed by atoms with Crippen LogP contribution in [0.3, 0.4) is 0 Å². The van der Waals surface area contributed by atoms with Crippen molar-refractivity contribution in [2.24, 2.45) is 4.99 Å². The fraction of sp³-hybridized carbons (Fsp3) is 0.115. The molecule has 5 rings (SSSR count). The molecule has 1 aliphatic rings. The molecule has 170 valence electrons. The fourth-order valence-electron chi connectivity index (χ4n) is 3.94. The number of para-hydroxylation sites is 1. The lowest BCUT2D eigenvalue weighted by molar-refractivity contribution is -0.113. The zero-order valence-corrected chi connectivity index (χ0v) is 20.8.